The molecule has 0 heterocycles. The Bertz CT molecular complexity index is 336. The highest BCUT2D eigenvalue weighted by molar-refractivity contribution is 5.85. The molecule has 0 bridgehead atoms. The van der Waals surface area contributed by atoms with Crippen molar-refractivity contribution in [3.05, 3.63) is 0 Å². The smallest absolute Gasteiger partial charge is 0.391 e. The zero-order valence-electron chi connectivity index (χ0n) is 11.2. The van der Waals surface area contributed by atoms with Crippen LogP contribution in [0, 0.1) is 5.92 Å². The van der Waals surface area contributed by atoms with Gasteiger partial charge in [0.2, 0.25) is 5.91 Å². The van der Waals surface area contributed by atoms with Crippen LogP contribution in [-0.2, 0) is 9.59 Å². The largest absolute Gasteiger partial charge is 0.480 e. The molecular formula is C13H20F3NO3. The van der Waals surface area contributed by atoms with Crippen molar-refractivity contribution < 1.29 is 27.9 Å². The molecule has 2 N–H and O–H groups in total. The second-order valence-corrected chi connectivity index (χ2v) is 5.26. The Morgan fingerprint density at radius 1 is 1.10 bits per heavy atom. The number of amides is 1. The first-order valence-corrected chi connectivity index (χ1v) is 6.89. The molecule has 1 rings (SSSR count). The van der Waals surface area contributed by atoms with Crippen molar-refractivity contribution in [2.45, 2.75) is 63.6 Å². The summed E-state index contributed by atoms with van der Waals surface area (Å²) < 4.78 is 36.8. The topological polar surface area (TPSA) is 66.4 Å². The number of rotatable bonds is 4. The number of carbonyl (C=O) groups excluding carboxylic acids is 1. The minimum absolute atomic E-state index is 0.370. The Labute approximate surface area is 115 Å². The third-order valence-electron chi connectivity index (χ3n) is 3.53. The number of hydrogen-bond acceptors (Lipinski definition) is 2. The number of carboxylic acid groups (broad SMARTS) is 1. The summed E-state index contributed by atoms with van der Waals surface area (Å²) in [6, 6.07) is -1.90. The first kappa shape index (κ1) is 16.8. The Kier molecular flexibility index (Phi) is 6.29. The predicted octanol–water partition coefficient (Wildman–Crippen LogP) is 2.87. The summed E-state index contributed by atoms with van der Waals surface area (Å²) in [5.74, 6) is -2.59. The third-order valence-corrected chi connectivity index (χ3v) is 3.53. The van der Waals surface area contributed by atoms with Crippen LogP contribution in [0.2, 0.25) is 0 Å². The highest BCUT2D eigenvalue weighted by Crippen LogP contribution is 2.24. The SMILES string of the molecule is O=C(NC(CC(F)(F)F)C(=O)O)C1CCCCCCC1. The Balaban J connectivity index is 2.57. The van der Waals surface area contributed by atoms with Gasteiger partial charge in [0.1, 0.15) is 6.04 Å². The molecule has 1 atom stereocenters. The first-order chi connectivity index (χ1) is 9.29. The van der Waals surface area contributed by atoms with E-state index < -0.39 is 30.5 Å². The van der Waals surface area contributed by atoms with Gasteiger partial charge in [0.05, 0.1) is 6.42 Å². The molecule has 20 heavy (non-hydrogen) atoms. The molecule has 0 aliphatic heterocycles. The predicted molar refractivity (Wildman–Crippen MR) is 66.0 cm³/mol. The van der Waals surface area contributed by atoms with E-state index in [0.29, 0.717) is 12.8 Å². The van der Waals surface area contributed by atoms with Crippen molar-refractivity contribution in [1.29, 1.82) is 0 Å². The van der Waals surface area contributed by atoms with E-state index in [-0.39, 0.29) is 5.92 Å². The molecule has 0 radical (unpaired) electrons. The van der Waals surface area contributed by atoms with Crippen LogP contribution >= 0.6 is 0 Å². The minimum Gasteiger partial charge on any atom is -0.480 e. The van der Waals surface area contributed by atoms with E-state index in [1.807, 2.05) is 5.32 Å². The van der Waals surface area contributed by atoms with E-state index in [1.165, 1.54) is 0 Å². The highest BCUT2D eigenvalue weighted by Gasteiger charge is 2.37. The van der Waals surface area contributed by atoms with Crippen LogP contribution in [0.5, 0.6) is 0 Å². The van der Waals surface area contributed by atoms with Crippen LogP contribution < -0.4 is 5.32 Å². The van der Waals surface area contributed by atoms with Gasteiger partial charge in [-0.3, -0.25) is 4.79 Å². The van der Waals surface area contributed by atoms with E-state index in [9.17, 15) is 22.8 Å². The van der Waals surface area contributed by atoms with E-state index >= 15 is 0 Å². The molecule has 0 spiro atoms. The van der Waals surface area contributed by atoms with Crippen molar-refractivity contribution >= 4 is 11.9 Å². The molecule has 1 fully saturated rings. The molecule has 116 valence electrons. The average molecular weight is 295 g/mol. The molecule has 7 heteroatoms. The number of alkyl halides is 3. The summed E-state index contributed by atoms with van der Waals surface area (Å²) in [6.07, 6.45) is -0.0832. The Hall–Kier alpha value is -1.27. The van der Waals surface area contributed by atoms with Crippen LogP contribution in [0.1, 0.15) is 51.4 Å². The van der Waals surface area contributed by atoms with Gasteiger partial charge in [-0.25, -0.2) is 4.79 Å². The number of aliphatic carboxylic acids is 1. The van der Waals surface area contributed by atoms with Gasteiger partial charge in [-0.1, -0.05) is 32.1 Å². The van der Waals surface area contributed by atoms with Crippen LogP contribution in [0.3, 0.4) is 0 Å². The second-order valence-electron chi connectivity index (χ2n) is 5.26. The van der Waals surface area contributed by atoms with Crippen molar-refractivity contribution in [2.75, 3.05) is 0 Å². The summed E-state index contributed by atoms with van der Waals surface area (Å²) in [5, 5.41) is 10.8. The van der Waals surface area contributed by atoms with Gasteiger partial charge in [0.25, 0.3) is 0 Å². The lowest BCUT2D eigenvalue weighted by Gasteiger charge is -2.22. The van der Waals surface area contributed by atoms with E-state index in [1.54, 1.807) is 0 Å². The van der Waals surface area contributed by atoms with Crippen molar-refractivity contribution in [2.24, 2.45) is 5.92 Å². The molecule has 0 saturated heterocycles. The minimum atomic E-state index is -4.61. The number of hydrogen-bond donors (Lipinski definition) is 2. The lowest BCUT2D eigenvalue weighted by atomic mass is 9.90. The van der Waals surface area contributed by atoms with Crippen LogP contribution in [0.25, 0.3) is 0 Å². The van der Waals surface area contributed by atoms with Gasteiger partial charge in [-0.05, 0) is 12.8 Å². The Morgan fingerprint density at radius 3 is 2.05 bits per heavy atom. The summed E-state index contributed by atoms with van der Waals surface area (Å²) in [5.41, 5.74) is 0. The molecule has 0 aromatic carbocycles. The fourth-order valence-electron chi connectivity index (χ4n) is 2.44. The molecule has 1 saturated carbocycles. The van der Waals surface area contributed by atoms with E-state index in [4.69, 9.17) is 5.11 Å². The highest BCUT2D eigenvalue weighted by atomic mass is 19.4. The Morgan fingerprint density at radius 2 is 1.60 bits per heavy atom. The molecule has 0 aromatic rings. The molecule has 4 nitrogen and oxygen atoms in total. The fraction of sp³-hybridized carbons (Fsp3) is 0.846. The van der Waals surface area contributed by atoms with Crippen LogP contribution in [-0.4, -0.2) is 29.2 Å². The second kappa shape index (κ2) is 7.50. The number of carboxylic acids is 1. The zero-order valence-corrected chi connectivity index (χ0v) is 11.2. The molecule has 1 amide bonds. The van der Waals surface area contributed by atoms with E-state index in [0.717, 1.165) is 32.1 Å². The van der Waals surface area contributed by atoms with E-state index in [2.05, 4.69) is 0 Å². The molecule has 1 aliphatic rings. The maximum atomic E-state index is 12.3. The fourth-order valence-corrected chi connectivity index (χ4v) is 2.44. The monoisotopic (exact) mass is 295 g/mol. The summed E-state index contributed by atoms with van der Waals surface area (Å²) in [4.78, 5) is 22.7. The molecular weight excluding hydrogens is 275 g/mol. The number of halogens is 3. The molecule has 0 aromatic heterocycles. The third kappa shape index (κ3) is 6.25. The zero-order chi connectivity index (χ0) is 15.2. The maximum Gasteiger partial charge on any atom is 0.391 e. The number of carbonyl (C=O) groups is 2. The van der Waals surface area contributed by atoms with Gasteiger partial charge >= 0.3 is 12.1 Å². The van der Waals surface area contributed by atoms with Crippen molar-refractivity contribution in [3.63, 3.8) is 0 Å². The number of nitrogens with one attached hydrogen (secondary N) is 1. The summed E-state index contributed by atoms with van der Waals surface area (Å²) in [7, 11) is 0. The molecule has 1 unspecified atom stereocenters. The lowest BCUT2D eigenvalue weighted by Crippen LogP contribution is -2.46. The summed E-state index contributed by atoms with van der Waals surface area (Å²) in [6.45, 7) is 0. The average Bonchev–Trinajstić information content (AvgIpc) is 2.25. The van der Waals surface area contributed by atoms with Crippen LogP contribution in [0.4, 0.5) is 13.2 Å². The molecule has 1 aliphatic carbocycles. The summed E-state index contributed by atoms with van der Waals surface area (Å²) >= 11 is 0. The van der Waals surface area contributed by atoms with Crippen molar-refractivity contribution in [3.8, 4) is 0 Å². The first-order valence-electron chi connectivity index (χ1n) is 6.89. The normalized spacial score (nSPS) is 19.8. The van der Waals surface area contributed by atoms with Gasteiger partial charge in [0.15, 0.2) is 0 Å². The van der Waals surface area contributed by atoms with Crippen molar-refractivity contribution in [1.82, 2.24) is 5.32 Å². The lowest BCUT2D eigenvalue weighted by molar-refractivity contribution is -0.160. The van der Waals surface area contributed by atoms with Gasteiger partial charge in [-0.2, -0.15) is 13.2 Å². The van der Waals surface area contributed by atoms with Gasteiger partial charge < -0.3 is 10.4 Å². The standard InChI is InChI=1S/C13H20F3NO3/c14-13(15,16)8-10(12(19)20)17-11(18)9-6-4-2-1-3-5-7-9/h9-10H,1-8H2,(H,17,18)(H,19,20). The van der Waals surface area contributed by atoms with Gasteiger partial charge in [-0.15, -0.1) is 0 Å². The maximum absolute atomic E-state index is 12.3. The quantitative estimate of drug-likeness (QED) is 0.838. The van der Waals surface area contributed by atoms with Crippen LogP contribution in [0.15, 0.2) is 0 Å². The van der Waals surface area contributed by atoms with Gasteiger partial charge in [0, 0.05) is 5.92 Å².